The van der Waals surface area contributed by atoms with Crippen molar-refractivity contribution < 1.29 is 9.53 Å². The number of methoxy groups -OCH3 is 1. The zero-order valence-electron chi connectivity index (χ0n) is 8.67. The Bertz CT molecular complexity index is 151. The smallest absolute Gasteiger partial charge is 0.218 e. The first-order valence-electron chi connectivity index (χ1n) is 4.56. The fourth-order valence-corrected chi connectivity index (χ4v) is 1.12. The van der Waals surface area contributed by atoms with Crippen molar-refractivity contribution in [3.63, 3.8) is 0 Å². The van der Waals surface area contributed by atoms with Gasteiger partial charge in [0, 0.05) is 32.7 Å². The Labute approximate surface area is 79.8 Å². The molecule has 0 radical (unpaired) electrons. The summed E-state index contributed by atoms with van der Waals surface area (Å²) in [6, 6.07) is 0.150. The van der Waals surface area contributed by atoms with Gasteiger partial charge in [-0.1, -0.05) is 6.92 Å². The van der Waals surface area contributed by atoms with E-state index in [9.17, 15) is 4.79 Å². The molecule has 0 aliphatic rings. The highest BCUT2D eigenvalue weighted by Crippen LogP contribution is 1.95. The molecule has 4 nitrogen and oxygen atoms in total. The van der Waals surface area contributed by atoms with Gasteiger partial charge in [-0.25, -0.2) is 0 Å². The zero-order valence-corrected chi connectivity index (χ0v) is 8.67. The number of hydrogen-bond donors (Lipinski definition) is 2. The lowest BCUT2D eigenvalue weighted by Crippen LogP contribution is -2.34. The van der Waals surface area contributed by atoms with Crippen LogP contribution in [0.4, 0.5) is 0 Å². The van der Waals surface area contributed by atoms with Crippen LogP contribution >= 0.6 is 0 Å². The molecule has 2 unspecified atom stereocenters. The van der Waals surface area contributed by atoms with Crippen LogP contribution in [0.3, 0.4) is 0 Å². The summed E-state index contributed by atoms with van der Waals surface area (Å²) in [5, 5.41) is 3.22. The number of carbonyl (C=O) groups is 1. The van der Waals surface area contributed by atoms with Gasteiger partial charge in [0.05, 0.1) is 0 Å². The van der Waals surface area contributed by atoms with Gasteiger partial charge in [0.2, 0.25) is 5.91 Å². The Balaban J connectivity index is 3.45. The standard InChI is InChI=1S/C9H20N2O2/c1-7(6-13-3)5-11-8(2)4-9(10)12/h7-8,11H,4-6H2,1-3H3,(H2,10,12). The topological polar surface area (TPSA) is 64.3 Å². The highest BCUT2D eigenvalue weighted by Gasteiger charge is 2.07. The van der Waals surface area contributed by atoms with E-state index in [0.29, 0.717) is 12.3 Å². The van der Waals surface area contributed by atoms with E-state index in [1.54, 1.807) is 7.11 Å². The third kappa shape index (κ3) is 7.74. The Morgan fingerprint density at radius 2 is 2.15 bits per heavy atom. The molecule has 0 fully saturated rings. The predicted octanol–water partition coefficient (Wildman–Crippen LogP) is 0.122. The molecule has 1 amide bonds. The first-order valence-corrected chi connectivity index (χ1v) is 4.56. The van der Waals surface area contributed by atoms with Gasteiger partial charge in [0.15, 0.2) is 0 Å². The normalized spacial score (nSPS) is 15.3. The molecule has 0 aliphatic carbocycles. The van der Waals surface area contributed by atoms with Crippen LogP contribution in [0.25, 0.3) is 0 Å². The summed E-state index contributed by atoms with van der Waals surface area (Å²) in [7, 11) is 1.68. The van der Waals surface area contributed by atoms with Crippen LogP contribution in [0.2, 0.25) is 0 Å². The molecule has 0 bridgehead atoms. The third-order valence-corrected chi connectivity index (χ3v) is 1.77. The Morgan fingerprint density at radius 1 is 1.54 bits per heavy atom. The van der Waals surface area contributed by atoms with E-state index in [1.165, 1.54) is 0 Å². The minimum absolute atomic E-state index is 0.150. The van der Waals surface area contributed by atoms with Crippen LogP contribution in [-0.4, -0.2) is 32.2 Å². The lowest BCUT2D eigenvalue weighted by atomic mass is 10.1. The zero-order chi connectivity index (χ0) is 10.3. The van der Waals surface area contributed by atoms with Crippen molar-refractivity contribution in [3.8, 4) is 0 Å². The summed E-state index contributed by atoms with van der Waals surface area (Å²) >= 11 is 0. The first-order chi connectivity index (χ1) is 6.06. The summed E-state index contributed by atoms with van der Waals surface area (Å²) < 4.78 is 4.99. The molecule has 3 N–H and O–H groups in total. The van der Waals surface area contributed by atoms with E-state index in [2.05, 4.69) is 12.2 Å². The van der Waals surface area contributed by atoms with E-state index < -0.39 is 0 Å². The van der Waals surface area contributed by atoms with E-state index in [0.717, 1.165) is 13.2 Å². The molecule has 4 heteroatoms. The summed E-state index contributed by atoms with van der Waals surface area (Å²) in [6.07, 6.45) is 0.389. The summed E-state index contributed by atoms with van der Waals surface area (Å²) in [6.45, 7) is 5.62. The SMILES string of the molecule is COCC(C)CNC(C)CC(N)=O. The predicted molar refractivity (Wildman–Crippen MR) is 52.3 cm³/mol. The number of ether oxygens (including phenoxy) is 1. The number of hydrogen-bond acceptors (Lipinski definition) is 3. The molecule has 0 aromatic heterocycles. The molecular weight excluding hydrogens is 168 g/mol. The second-order valence-corrected chi connectivity index (χ2v) is 3.54. The van der Waals surface area contributed by atoms with Gasteiger partial charge < -0.3 is 15.8 Å². The minimum Gasteiger partial charge on any atom is -0.384 e. The molecule has 0 rings (SSSR count). The van der Waals surface area contributed by atoms with Crippen molar-refractivity contribution in [2.24, 2.45) is 11.7 Å². The Kier molecular flexibility index (Phi) is 6.54. The highest BCUT2D eigenvalue weighted by molar-refractivity contribution is 5.74. The second-order valence-electron chi connectivity index (χ2n) is 3.54. The average Bonchev–Trinajstić information content (AvgIpc) is 2.00. The Morgan fingerprint density at radius 3 is 2.62 bits per heavy atom. The number of nitrogens with two attached hydrogens (primary N) is 1. The molecule has 0 aromatic carbocycles. The number of rotatable bonds is 7. The van der Waals surface area contributed by atoms with Gasteiger partial charge in [-0.2, -0.15) is 0 Å². The van der Waals surface area contributed by atoms with Gasteiger partial charge >= 0.3 is 0 Å². The van der Waals surface area contributed by atoms with Crippen LogP contribution in [0.1, 0.15) is 20.3 Å². The monoisotopic (exact) mass is 188 g/mol. The molecule has 0 spiro atoms. The van der Waals surface area contributed by atoms with Crippen LogP contribution in [0.15, 0.2) is 0 Å². The van der Waals surface area contributed by atoms with E-state index >= 15 is 0 Å². The molecule has 2 atom stereocenters. The third-order valence-electron chi connectivity index (χ3n) is 1.77. The molecule has 0 saturated carbocycles. The lowest BCUT2D eigenvalue weighted by Gasteiger charge is -2.15. The first kappa shape index (κ1) is 12.4. The van der Waals surface area contributed by atoms with Gasteiger partial charge in [-0.3, -0.25) is 4.79 Å². The van der Waals surface area contributed by atoms with Gasteiger partial charge in [-0.15, -0.1) is 0 Å². The second kappa shape index (κ2) is 6.86. The van der Waals surface area contributed by atoms with Gasteiger partial charge in [0.1, 0.15) is 0 Å². The lowest BCUT2D eigenvalue weighted by molar-refractivity contribution is -0.118. The minimum atomic E-state index is -0.264. The molecule has 13 heavy (non-hydrogen) atoms. The van der Waals surface area contributed by atoms with E-state index in [-0.39, 0.29) is 11.9 Å². The highest BCUT2D eigenvalue weighted by atomic mass is 16.5. The van der Waals surface area contributed by atoms with Crippen LogP contribution in [0, 0.1) is 5.92 Å². The van der Waals surface area contributed by atoms with E-state index in [4.69, 9.17) is 10.5 Å². The van der Waals surface area contributed by atoms with Gasteiger partial charge in [0.25, 0.3) is 0 Å². The Hall–Kier alpha value is -0.610. The van der Waals surface area contributed by atoms with Crippen molar-refractivity contribution in [1.29, 1.82) is 0 Å². The number of nitrogens with one attached hydrogen (secondary N) is 1. The molecule has 0 heterocycles. The number of carbonyl (C=O) groups excluding carboxylic acids is 1. The fraction of sp³-hybridized carbons (Fsp3) is 0.889. The molecular formula is C9H20N2O2. The maximum Gasteiger partial charge on any atom is 0.218 e. The van der Waals surface area contributed by atoms with Crippen LogP contribution < -0.4 is 11.1 Å². The summed E-state index contributed by atoms with van der Waals surface area (Å²) in [4.78, 5) is 10.5. The molecule has 78 valence electrons. The van der Waals surface area contributed by atoms with Crippen molar-refractivity contribution in [2.75, 3.05) is 20.3 Å². The molecule has 0 saturated heterocycles. The molecule has 0 aromatic rings. The average molecular weight is 188 g/mol. The van der Waals surface area contributed by atoms with Crippen molar-refractivity contribution >= 4 is 5.91 Å². The van der Waals surface area contributed by atoms with Crippen LogP contribution in [-0.2, 0) is 9.53 Å². The van der Waals surface area contributed by atoms with Crippen molar-refractivity contribution in [2.45, 2.75) is 26.3 Å². The number of primary amides is 1. The summed E-state index contributed by atoms with van der Waals surface area (Å²) in [5.41, 5.74) is 5.05. The quantitative estimate of drug-likeness (QED) is 0.596. The molecule has 0 aliphatic heterocycles. The fourth-order valence-electron chi connectivity index (χ4n) is 1.12. The maximum absolute atomic E-state index is 10.5. The maximum atomic E-state index is 10.5. The summed E-state index contributed by atoms with van der Waals surface area (Å²) in [5.74, 6) is 0.194. The van der Waals surface area contributed by atoms with Crippen LogP contribution in [0.5, 0.6) is 0 Å². The van der Waals surface area contributed by atoms with E-state index in [1.807, 2.05) is 6.92 Å². The van der Waals surface area contributed by atoms with Crippen molar-refractivity contribution in [1.82, 2.24) is 5.32 Å². The number of amides is 1. The van der Waals surface area contributed by atoms with Crippen molar-refractivity contribution in [3.05, 3.63) is 0 Å². The van der Waals surface area contributed by atoms with Gasteiger partial charge in [-0.05, 0) is 12.8 Å². The largest absolute Gasteiger partial charge is 0.384 e.